The largest absolute Gasteiger partial charge is 0.373 e. The van der Waals surface area contributed by atoms with Crippen LogP contribution in [0.3, 0.4) is 0 Å². The van der Waals surface area contributed by atoms with Gasteiger partial charge in [-0.25, -0.2) is 0 Å². The highest BCUT2D eigenvalue weighted by molar-refractivity contribution is 5.33. The summed E-state index contributed by atoms with van der Waals surface area (Å²) >= 11 is 0. The molecule has 0 amide bonds. The molecule has 0 spiro atoms. The lowest BCUT2D eigenvalue weighted by atomic mass is 9.73. The predicted octanol–water partition coefficient (Wildman–Crippen LogP) is 5.90. The van der Waals surface area contributed by atoms with Crippen LogP contribution in [0.1, 0.15) is 63.5 Å². The molecule has 2 aromatic rings. The van der Waals surface area contributed by atoms with Gasteiger partial charge in [-0.1, -0.05) is 91.8 Å². The second-order valence-electron chi connectivity index (χ2n) is 8.86. The zero-order chi connectivity index (χ0) is 21.3. The Kier molecular flexibility index (Phi) is 8.14. The Bertz CT molecular complexity index is 810. The van der Waals surface area contributed by atoms with Gasteiger partial charge in [-0.2, -0.15) is 0 Å². The van der Waals surface area contributed by atoms with E-state index in [9.17, 15) is 5.11 Å². The summed E-state index contributed by atoms with van der Waals surface area (Å²) in [5.74, 6) is 7.02. The van der Waals surface area contributed by atoms with E-state index >= 15 is 0 Å². The molecule has 2 heteroatoms. The molecule has 2 aromatic carbocycles. The Morgan fingerprint density at radius 3 is 2.10 bits per heavy atom. The number of aliphatic hydroxyl groups is 1. The molecule has 1 aliphatic carbocycles. The third kappa shape index (κ3) is 5.54. The molecular formula is C28H38NO+. The van der Waals surface area contributed by atoms with Gasteiger partial charge < -0.3 is 9.59 Å². The average molecular weight is 405 g/mol. The molecule has 30 heavy (non-hydrogen) atoms. The molecule has 160 valence electrons. The van der Waals surface area contributed by atoms with E-state index in [2.05, 4.69) is 56.0 Å². The second-order valence-corrected chi connectivity index (χ2v) is 8.86. The predicted molar refractivity (Wildman–Crippen MR) is 126 cm³/mol. The van der Waals surface area contributed by atoms with Gasteiger partial charge in [0.05, 0.1) is 26.1 Å². The maximum atomic E-state index is 11.7. The molecule has 0 radical (unpaired) electrons. The molecule has 0 heterocycles. The highest BCUT2D eigenvalue weighted by atomic mass is 16.3. The third-order valence-corrected chi connectivity index (χ3v) is 7.10. The van der Waals surface area contributed by atoms with Gasteiger partial charge >= 0.3 is 0 Å². The van der Waals surface area contributed by atoms with Gasteiger partial charge in [-0.15, -0.1) is 0 Å². The molecule has 1 unspecified atom stereocenters. The summed E-state index contributed by atoms with van der Waals surface area (Å²) in [5.41, 5.74) is 1.33. The first-order chi connectivity index (χ1) is 14.6. The van der Waals surface area contributed by atoms with E-state index in [1.165, 1.54) is 24.8 Å². The van der Waals surface area contributed by atoms with Gasteiger partial charge in [0.1, 0.15) is 6.54 Å². The monoisotopic (exact) mass is 404 g/mol. The number of quaternary nitrogens is 1. The SMILES string of the molecule is CC[N+](CC)(CCC#CC(O)(c1ccccc1)C1CCCCC1)Cc1ccccc1. The van der Waals surface area contributed by atoms with Gasteiger partial charge in [-0.05, 0) is 32.3 Å². The van der Waals surface area contributed by atoms with Crippen molar-refractivity contribution in [3.63, 3.8) is 0 Å². The van der Waals surface area contributed by atoms with Gasteiger partial charge in [0.25, 0.3) is 0 Å². The maximum Gasteiger partial charge on any atom is 0.153 e. The quantitative estimate of drug-likeness (QED) is 0.429. The molecular weight excluding hydrogens is 366 g/mol. The fourth-order valence-electron chi connectivity index (χ4n) is 4.93. The van der Waals surface area contributed by atoms with Crippen molar-refractivity contribution < 1.29 is 9.59 Å². The summed E-state index contributed by atoms with van der Waals surface area (Å²) in [4.78, 5) is 0. The Labute approximate surface area is 183 Å². The highest BCUT2D eigenvalue weighted by Gasteiger charge is 2.37. The summed E-state index contributed by atoms with van der Waals surface area (Å²) in [5, 5.41) is 11.7. The van der Waals surface area contributed by atoms with Crippen LogP contribution < -0.4 is 0 Å². The molecule has 3 rings (SSSR count). The number of hydrogen-bond donors (Lipinski definition) is 1. The molecule has 1 fully saturated rings. The van der Waals surface area contributed by atoms with Crippen molar-refractivity contribution in [2.75, 3.05) is 19.6 Å². The van der Waals surface area contributed by atoms with E-state index in [0.717, 1.165) is 55.5 Å². The maximum absolute atomic E-state index is 11.7. The van der Waals surface area contributed by atoms with Gasteiger partial charge in [0.15, 0.2) is 5.60 Å². The zero-order valence-corrected chi connectivity index (χ0v) is 18.8. The van der Waals surface area contributed by atoms with E-state index in [4.69, 9.17) is 0 Å². The van der Waals surface area contributed by atoms with Crippen molar-refractivity contribution in [1.29, 1.82) is 0 Å². The van der Waals surface area contributed by atoms with Crippen LogP contribution in [-0.4, -0.2) is 29.2 Å². The highest BCUT2D eigenvalue weighted by Crippen LogP contribution is 2.39. The summed E-state index contributed by atoms with van der Waals surface area (Å²) in [7, 11) is 0. The Hall–Kier alpha value is -2.08. The average Bonchev–Trinajstić information content (AvgIpc) is 2.82. The van der Waals surface area contributed by atoms with E-state index in [-0.39, 0.29) is 5.92 Å². The molecule has 0 aromatic heterocycles. The van der Waals surface area contributed by atoms with Crippen molar-refractivity contribution in [3.8, 4) is 11.8 Å². The van der Waals surface area contributed by atoms with Crippen LogP contribution in [0.2, 0.25) is 0 Å². The smallest absolute Gasteiger partial charge is 0.153 e. The first kappa shape index (κ1) is 22.6. The van der Waals surface area contributed by atoms with Crippen LogP contribution in [0, 0.1) is 17.8 Å². The molecule has 2 nitrogen and oxygen atoms in total. The first-order valence-corrected chi connectivity index (χ1v) is 11.8. The van der Waals surface area contributed by atoms with Crippen molar-refractivity contribution in [2.24, 2.45) is 5.92 Å². The number of nitrogens with zero attached hydrogens (tertiary/aromatic N) is 1. The topological polar surface area (TPSA) is 20.2 Å². The van der Waals surface area contributed by atoms with Crippen LogP contribution in [0.15, 0.2) is 60.7 Å². The van der Waals surface area contributed by atoms with E-state index in [0.29, 0.717) is 0 Å². The summed E-state index contributed by atoms with van der Waals surface area (Å²) in [6.07, 6.45) is 6.63. The summed E-state index contributed by atoms with van der Waals surface area (Å²) < 4.78 is 1.03. The second kappa shape index (κ2) is 10.8. The van der Waals surface area contributed by atoms with Gasteiger partial charge in [0, 0.05) is 11.5 Å². The molecule has 1 saturated carbocycles. The molecule has 1 aliphatic rings. The third-order valence-electron chi connectivity index (χ3n) is 7.10. The van der Waals surface area contributed by atoms with Crippen LogP contribution in [0.25, 0.3) is 0 Å². The van der Waals surface area contributed by atoms with Crippen LogP contribution in [-0.2, 0) is 12.1 Å². The minimum atomic E-state index is -1.02. The molecule has 1 atom stereocenters. The minimum absolute atomic E-state index is 0.238. The van der Waals surface area contributed by atoms with Crippen LogP contribution in [0.5, 0.6) is 0 Å². The zero-order valence-electron chi connectivity index (χ0n) is 18.8. The Morgan fingerprint density at radius 1 is 0.900 bits per heavy atom. The lowest BCUT2D eigenvalue weighted by Gasteiger charge is -2.37. The fourth-order valence-corrected chi connectivity index (χ4v) is 4.93. The van der Waals surface area contributed by atoms with Crippen molar-refractivity contribution in [1.82, 2.24) is 0 Å². The Balaban J connectivity index is 1.75. The number of rotatable bonds is 8. The lowest BCUT2D eigenvalue weighted by Crippen LogP contribution is -2.47. The van der Waals surface area contributed by atoms with E-state index < -0.39 is 5.60 Å². The van der Waals surface area contributed by atoms with E-state index in [1.807, 2.05) is 30.3 Å². The minimum Gasteiger partial charge on any atom is -0.373 e. The molecule has 0 aliphatic heterocycles. The van der Waals surface area contributed by atoms with Crippen molar-refractivity contribution in [2.45, 2.75) is 64.5 Å². The number of hydrogen-bond acceptors (Lipinski definition) is 1. The van der Waals surface area contributed by atoms with Crippen molar-refractivity contribution >= 4 is 0 Å². The number of benzene rings is 2. The molecule has 0 saturated heterocycles. The van der Waals surface area contributed by atoms with E-state index in [1.54, 1.807) is 0 Å². The summed E-state index contributed by atoms with van der Waals surface area (Å²) in [6, 6.07) is 20.9. The lowest BCUT2D eigenvalue weighted by molar-refractivity contribution is -0.937. The Morgan fingerprint density at radius 2 is 1.50 bits per heavy atom. The van der Waals surface area contributed by atoms with Gasteiger partial charge in [-0.3, -0.25) is 0 Å². The van der Waals surface area contributed by atoms with Crippen LogP contribution >= 0.6 is 0 Å². The van der Waals surface area contributed by atoms with Crippen LogP contribution in [0.4, 0.5) is 0 Å². The first-order valence-electron chi connectivity index (χ1n) is 11.8. The summed E-state index contributed by atoms with van der Waals surface area (Å²) in [6.45, 7) is 8.81. The fraction of sp³-hybridized carbons (Fsp3) is 0.500. The normalized spacial score (nSPS) is 17.0. The standard InChI is InChI=1S/C28H38NO/c1-3-29(4-2,24-25-16-8-5-9-17-25)23-15-14-22-28(30,26-18-10-6-11-19-26)27-20-12-7-13-21-27/h5-6,8-11,16-19,27,30H,3-4,7,12-13,15,20-21,23-24H2,1-2H3/q+1. The molecule has 0 bridgehead atoms. The van der Waals surface area contributed by atoms with Gasteiger partial charge in [0.2, 0.25) is 0 Å². The molecule has 1 N–H and O–H groups in total. The van der Waals surface area contributed by atoms with Crippen molar-refractivity contribution in [3.05, 3.63) is 71.8 Å².